The molecule has 0 aromatic carbocycles. The van der Waals surface area contributed by atoms with Crippen LogP contribution in [0, 0.1) is 10.1 Å². The Kier molecular flexibility index (Phi) is 9.17. The van der Waals surface area contributed by atoms with Crippen LogP contribution in [0.2, 0.25) is 16.6 Å². The first-order valence-electron chi connectivity index (χ1n) is 9.86. The van der Waals surface area contributed by atoms with Gasteiger partial charge in [0.1, 0.15) is 12.8 Å². The summed E-state index contributed by atoms with van der Waals surface area (Å²) in [6, 6.07) is -0.271. The highest BCUT2D eigenvalue weighted by atomic mass is 28.4. The third kappa shape index (κ3) is 5.89. The molecule has 0 radical (unpaired) electrons. The second-order valence-electron chi connectivity index (χ2n) is 8.13. The molecule has 1 aliphatic heterocycles. The van der Waals surface area contributed by atoms with E-state index in [0.717, 1.165) is 0 Å². The van der Waals surface area contributed by atoms with Gasteiger partial charge in [-0.2, -0.15) is 0 Å². The molecule has 2 unspecified atom stereocenters. The van der Waals surface area contributed by atoms with Gasteiger partial charge in [-0.05, 0) is 23.5 Å². The second kappa shape index (κ2) is 10.4. The van der Waals surface area contributed by atoms with Gasteiger partial charge >= 0.3 is 6.09 Å². The summed E-state index contributed by atoms with van der Waals surface area (Å²) in [5.41, 5.74) is 0.980. The molecule has 1 rings (SSSR count). The van der Waals surface area contributed by atoms with Crippen molar-refractivity contribution < 1.29 is 23.6 Å². The van der Waals surface area contributed by atoms with Gasteiger partial charge in [-0.25, -0.2) is 4.79 Å². The molecule has 1 fully saturated rings. The molecule has 0 N–H and O–H groups in total. The maximum Gasteiger partial charge on any atom is 0.411 e. The van der Waals surface area contributed by atoms with Crippen LogP contribution < -0.4 is 0 Å². The molecule has 0 aliphatic carbocycles. The molecule has 2 atom stereocenters. The lowest BCUT2D eigenvalue weighted by molar-refractivity contribution is -0.489. The Labute approximate surface area is 163 Å². The quantitative estimate of drug-likeness (QED) is 0.310. The van der Waals surface area contributed by atoms with E-state index in [1.54, 1.807) is 6.92 Å². The molecule has 8 nitrogen and oxygen atoms in total. The van der Waals surface area contributed by atoms with E-state index >= 15 is 0 Å². The van der Waals surface area contributed by atoms with Crippen molar-refractivity contribution >= 4 is 14.4 Å². The summed E-state index contributed by atoms with van der Waals surface area (Å²) < 4.78 is 17.1. The fourth-order valence-electron chi connectivity index (χ4n) is 4.41. The van der Waals surface area contributed by atoms with E-state index in [9.17, 15) is 14.9 Å². The van der Waals surface area contributed by atoms with Crippen LogP contribution in [0.3, 0.4) is 0 Å². The number of hydrogen-bond acceptors (Lipinski definition) is 6. The summed E-state index contributed by atoms with van der Waals surface area (Å²) >= 11 is 0. The predicted octanol–water partition coefficient (Wildman–Crippen LogP) is 4.03. The van der Waals surface area contributed by atoms with Crippen LogP contribution in [0.5, 0.6) is 0 Å². The fourth-order valence-corrected chi connectivity index (χ4v) is 9.98. The van der Waals surface area contributed by atoms with E-state index < -0.39 is 20.5 Å². The summed E-state index contributed by atoms with van der Waals surface area (Å²) in [6.45, 7) is 15.2. The largest absolute Gasteiger partial charge is 0.450 e. The minimum atomic E-state index is -2.27. The summed E-state index contributed by atoms with van der Waals surface area (Å²) in [5.74, 6) is 0. The molecule has 1 heterocycles. The summed E-state index contributed by atoms with van der Waals surface area (Å²) in [5, 5.41) is 11.3. The first-order chi connectivity index (χ1) is 12.6. The molecule has 1 saturated heterocycles. The van der Waals surface area contributed by atoms with E-state index in [1.807, 2.05) is 0 Å². The molecule has 0 spiro atoms. The highest BCUT2D eigenvalue weighted by Crippen LogP contribution is 2.43. The fraction of sp³-hybridized carbons (Fsp3) is 0.944. The number of amides is 1. The molecule has 1 aliphatic rings. The predicted molar refractivity (Wildman–Crippen MR) is 106 cm³/mol. The summed E-state index contributed by atoms with van der Waals surface area (Å²) in [6.07, 6.45) is -0.622. The smallest absolute Gasteiger partial charge is 0.411 e. The minimum Gasteiger partial charge on any atom is -0.450 e. The van der Waals surface area contributed by atoms with Gasteiger partial charge < -0.3 is 13.9 Å². The van der Waals surface area contributed by atoms with E-state index in [0.29, 0.717) is 29.7 Å². The lowest BCUT2D eigenvalue weighted by Gasteiger charge is -2.44. The Morgan fingerprint density at radius 1 is 1.22 bits per heavy atom. The van der Waals surface area contributed by atoms with Gasteiger partial charge in [0.05, 0.1) is 19.3 Å². The van der Waals surface area contributed by atoms with Crippen molar-refractivity contribution in [2.24, 2.45) is 0 Å². The number of nitro groups is 1. The third-order valence-electron chi connectivity index (χ3n) is 5.45. The van der Waals surface area contributed by atoms with Gasteiger partial charge in [-0.15, -0.1) is 0 Å². The van der Waals surface area contributed by atoms with Crippen LogP contribution in [0.25, 0.3) is 0 Å². The Balaban J connectivity index is 3.04. The standard InChI is InChI=1S/C18H36N2O6Si/c1-8-25-18(21)19-12-24-11-16(19)9-17(10-20(22)23)26-27(13(2)3,14(4)5)15(6)7/h13-17H,8-12H2,1-7H3. The van der Waals surface area contributed by atoms with Crippen LogP contribution in [-0.2, 0) is 13.9 Å². The number of carbonyl (C=O) groups excluding carboxylic acids is 1. The lowest BCUT2D eigenvalue weighted by Crippen LogP contribution is -2.52. The molecule has 158 valence electrons. The lowest BCUT2D eigenvalue weighted by atomic mass is 10.1. The molecule has 0 aromatic rings. The number of rotatable bonds is 10. The average molecular weight is 405 g/mol. The zero-order valence-electron chi connectivity index (χ0n) is 17.8. The van der Waals surface area contributed by atoms with Crippen LogP contribution in [-0.4, -0.2) is 62.9 Å². The Morgan fingerprint density at radius 3 is 2.22 bits per heavy atom. The second-order valence-corrected chi connectivity index (χ2v) is 13.5. The van der Waals surface area contributed by atoms with Crippen LogP contribution in [0.15, 0.2) is 0 Å². The van der Waals surface area contributed by atoms with Gasteiger partial charge in [0.2, 0.25) is 14.9 Å². The number of hydrogen-bond donors (Lipinski definition) is 0. The zero-order chi connectivity index (χ0) is 20.8. The van der Waals surface area contributed by atoms with E-state index in [4.69, 9.17) is 13.9 Å². The molecule has 0 saturated carbocycles. The first-order valence-corrected chi connectivity index (χ1v) is 12.0. The minimum absolute atomic E-state index is 0.149. The maximum atomic E-state index is 12.1. The van der Waals surface area contributed by atoms with Crippen molar-refractivity contribution in [3.8, 4) is 0 Å². The highest BCUT2D eigenvalue weighted by Gasteiger charge is 2.48. The first kappa shape index (κ1) is 23.8. The van der Waals surface area contributed by atoms with Gasteiger partial charge in [0.25, 0.3) is 0 Å². The Morgan fingerprint density at radius 2 is 1.78 bits per heavy atom. The van der Waals surface area contributed by atoms with Crippen molar-refractivity contribution in [3.63, 3.8) is 0 Å². The highest BCUT2D eigenvalue weighted by molar-refractivity contribution is 6.77. The average Bonchev–Trinajstić information content (AvgIpc) is 2.99. The van der Waals surface area contributed by atoms with Crippen LogP contribution in [0.1, 0.15) is 54.9 Å². The van der Waals surface area contributed by atoms with Crippen molar-refractivity contribution in [2.75, 3.05) is 26.5 Å². The number of nitrogens with zero attached hydrogens (tertiary/aromatic N) is 2. The van der Waals surface area contributed by atoms with E-state index in [-0.39, 0.29) is 30.8 Å². The van der Waals surface area contributed by atoms with Gasteiger partial charge in [0.15, 0.2) is 0 Å². The van der Waals surface area contributed by atoms with Crippen molar-refractivity contribution in [1.82, 2.24) is 4.90 Å². The summed E-state index contributed by atoms with van der Waals surface area (Å²) in [7, 11) is -2.27. The molecule has 0 aromatic heterocycles. The molecular formula is C18H36N2O6Si. The Hall–Kier alpha value is -1.19. The summed E-state index contributed by atoms with van der Waals surface area (Å²) in [4.78, 5) is 24.6. The molecule has 0 bridgehead atoms. The number of carbonyl (C=O) groups is 1. The van der Waals surface area contributed by atoms with Crippen LogP contribution >= 0.6 is 0 Å². The number of ether oxygens (including phenoxy) is 2. The molecule has 9 heteroatoms. The zero-order valence-corrected chi connectivity index (χ0v) is 18.8. The van der Waals surface area contributed by atoms with Gasteiger partial charge in [-0.1, -0.05) is 41.5 Å². The van der Waals surface area contributed by atoms with Crippen molar-refractivity contribution in [3.05, 3.63) is 10.1 Å². The monoisotopic (exact) mass is 404 g/mol. The SMILES string of the molecule is CCOC(=O)N1COCC1CC(C[N+](=O)[O-])O[Si](C(C)C)(C(C)C)C(C)C. The van der Waals surface area contributed by atoms with Gasteiger partial charge in [0, 0.05) is 11.3 Å². The molecule has 27 heavy (non-hydrogen) atoms. The Bertz CT molecular complexity index is 478. The van der Waals surface area contributed by atoms with Gasteiger partial charge in [-0.3, -0.25) is 15.0 Å². The van der Waals surface area contributed by atoms with E-state index in [2.05, 4.69) is 41.5 Å². The maximum absolute atomic E-state index is 12.1. The topological polar surface area (TPSA) is 91.1 Å². The van der Waals surface area contributed by atoms with Crippen molar-refractivity contribution in [1.29, 1.82) is 0 Å². The third-order valence-corrected chi connectivity index (χ3v) is 11.6. The van der Waals surface area contributed by atoms with E-state index in [1.165, 1.54) is 4.90 Å². The normalized spacial score (nSPS) is 19.2. The molecular weight excluding hydrogens is 368 g/mol. The molecule has 1 amide bonds. The van der Waals surface area contributed by atoms with Crippen LogP contribution in [0.4, 0.5) is 4.79 Å². The van der Waals surface area contributed by atoms with Crippen molar-refractivity contribution in [2.45, 2.75) is 83.7 Å².